The number of halogens is 2. The van der Waals surface area contributed by atoms with Crippen LogP contribution in [0.2, 0.25) is 0 Å². The van der Waals surface area contributed by atoms with Gasteiger partial charge in [-0.2, -0.15) is 0 Å². The number of rotatable bonds is 7. The van der Waals surface area contributed by atoms with Crippen LogP contribution in [0.25, 0.3) is 0 Å². The Hall–Kier alpha value is -1.69. The first-order chi connectivity index (χ1) is 12.5. The molecule has 0 unspecified atom stereocenters. The molecule has 0 aliphatic heterocycles. The predicted molar refractivity (Wildman–Crippen MR) is 122 cm³/mol. The molecule has 1 amide bonds. The minimum atomic E-state index is -0.138. The van der Waals surface area contributed by atoms with E-state index >= 15 is 0 Å². The maximum absolute atomic E-state index is 12.1. The number of carbonyl (C=O) groups is 1. The Bertz CT molecular complexity index is 778. The minimum Gasteiger partial charge on any atom is -0.355 e. The minimum absolute atomic E-state index is 0. The molecule has 0 fully saturated rings. The number of nitrogens with one attached hydrogen (secondary N) is 3. The zero-order valence-electron chi connectivity index (χ0n) is 15.6. The average molecular weight is 550 g/mol. The molecule has 27 heavy (non-hydrogen) atoms. The summed E-state index contributed by atoms with van der Waals surface area (Å²) in [5.41, 5.74) is 1.79. The van der Waals surface area contributed by atoms with E-state index in [0.717, 1.165) is 34.5 Å². The second-order valence-electron chi connectivity index (χ2n) is 5.65. The van der Waals surface area contributed by atoms with Gasteiger partial charge in [-0.05, 0) is 24.6 Å². The number of aryl methyl sites for hydroxylation is 2. The summed E-state index contributed by atoms with van der Waals surface area (Å²) in [5.74, 6) is 1.37. The molecule has 3 N–H and O–H groups in total. The molecule has 10 heteroatoms. The summed E-state index contributed by atoms with van der Waals surface area (Å²) in [6, 6.07) is 5.77. The highest BCUT2D eigenvalue weighted by molar-refractivity contribution is 14.0. The van der Waals surface area contributed by atoms with Gasteiger partial charge in [-0.25, -0.2) is 0 Å². The number of hydrogen-bond acceptors (Lipinski definition) is 4. The summed E-state index contributed by atoms with van der Waals surface area (Å²) >= 11 is 3.41. The first-order valence-electron chi connectivity index (χ1n) is 8.40. The van der Waals surface area contributed by atoms with Gasteiger partial charge in [0.2, 0.25) is 5.91 Å². The number of aliphatic imine (C=N–C) groups is 1. The van der Waals surface area contributed by atoms with Crippen LogP contribution in [0, 0.1) is 6.92 Å². The maximum atomic E-state index is 12.1. The van der Waals surface area contributed by atoms with Crippen LogP contribution in [0.3, 0.4) is 0 Å². The van der Waals surface area contributed by atoms with Crippen molar-refractivity contribution in [3.63, 3.8) is 0 Å². The van der Waals surface area contributed by atoms with Crippen molar-refractivity contribution in [2.45, 2.75) is 26.8 Å². The molecular weight excluding hydrogens is 525 g/mol. The Labute approximate surface area is 184 Å². The zero-order chi connectivity index (χ0) is 18.9. The third-order valence-corrected chi connectivity index (χ3v) is 4.26. The summed E-state index contributed by atoms with van der Waals surface area (Å²) in [4.78, 5) is 16.3. The molecular formula is C17H25BrIN7O. The fourth-order valence-corrected chi connectivity index (χ4v) is 2.70. The fraction of sp³-hybridized carbons (Fsp3) is 0.412. The number of amides is 1. The molecule has 1 aromatic heterocycles. The average Bonchev–Trinajstić information content (AvgIpc) is 3.08. The van der Waals surface area contributed by atoms with E-state index in [9.17, 15) is 4.79 Å². The highest BCUT2D eigenvalue weighted by atomic mass is 127. The van der Waals surface area contributed by atoms with Crippen molar-refractivity contribution in [2.75, 3.05) is 25.5 Å². The summed E-state index contributed by atoms with van der Waals surface area (Å²) in [6.07, 6.45) is 2.55. The molecule has 0 aliphatic rings. The van der Waals surface area contributed by atoms with E-state index in [-0.39, 0.29) is 36.4 Å². The van der Waals surface area contributed by atoms with Gasteiger partial charge < -0.3 is 20.5 Å². The Morgan fingerprint density at radius 3 is 2.81 bits per heavy atom. The van der Waals surface area contributed by atoms with E-state index in [4.69, 9.17) is 0 Å². The second-order valence-corrected chi connectivity index (χ2v) is 6.57. The Morgan fingerprint density at radius 1 is 1.33 bits per heavy atom. The Morgan fingerprint density at radius 2 is 2.11 bits per heavy atom. The lowest BCUT2D eigenvalue weighted by Gasteiger charge is -2.13. The topological polar surface area (TPSA) is 96.2 Å². The van der Waals surface area contributed by atoms with Crippen molar-refractivity contribution < 1.29 is 4.79 Å². The molecule has 0 aliphatic carbocycles. The van der Waals surface area contributed by atoms with Crippen molar-refractivity contribution in [1.82, 2.24) is 25.4 Å². The van der Waals surface area contributed by atoms with E-state index in [1.165, 1.54) is 0 Å². The molecule has 1 heterocycles. The van der Waals surface area contributed by atoms with Crippen LogP contribution in [-0.2, 0) is 17.8 Å². The Kier molecular flexibility index (Phi) is 10.3. The number of aromatic nitrogens is 3. The number of anilines is 1. The van der Waals surface area contributed by atoms with Crippen LogP contribution < -0.4 is 16.0 Å². The molecule has 8 nitrogen and oxygen atoms in total. The number of benzene rings is 1. The quantitative estimate of drug-likeness (QED) is 0.280. The lowest BCUT2D eigenvalue weighted by Crippen LogP contribution is -2.42. The monoisotopic (exact) mass is 549 g/mol. The molecule has 0 spiro atoms. The van der Waals surface area contributed by atoms with Crippen LogP contribution in [0.4, 0.5) is 5.69 Å². The smallest absolute Gasteiger partial charge is 0.243 e. The summed E-state index contributed by atoms with van der Waals surface area (Å²) in [5, 5.41) is 17.0. The molecule has 0 atom stereocenters. The first kappa shape index (κ1) is 23.3. The number of nitrogens with zero attached hydrogens (tertiary/aromatic N) is 4. The van der Waals surface area contributed by atoms with E-state index in [1.54, 1.807) is 13.4 Å². The van der Waals surface area contributed by atoms with E-state index in [2.05, 4.69) is 47.1 Å². The van der Waals surface area contributed by atoms with Crippen molar-refractivity contribution in [3.05, 3.63) is 40.4 Å². The molecule has 148 valence electrons. The molecule has 0 radical (unpaired) electrons. The summed E-state index contributed by atoms with van der Waals surface area (Å²) in [7, 11) is 1.67. The van der Waals surface area contributed by atoms with Gasteiger partial charge in [0, 0.05) is 36.7 Å². The van der Waals surface area contributed by atoms with Crippen molar-refractivity contribution in [2.24, 2.45) is 4.99 Å². The largest absolute Gasteiger partial charge is 0.355 e. The SMILES string of the molecule is CCc1nncn1CCNC(=NC)NCC(=O)Nc1cc(Br)ccc1C.I. The predicted octanol–water partition coefficient (Wildman–Crippen LogP) is 2.33. The molecule has 0 saturated carbocycles. The van der Waals surface area contributed by atoms with Gasteiger partial charge in [-0.3, -0.25) is 9.79 Å². The van der Waals surface area contributed by atoms with Gasteiger partial charge in [0.25, 0.3) is 0 Å². The molecule has 0 saturated heterocycles. The third kappa shape index (κ3) is 7.45. The van der Waals surface area contributed by atoms with Gasteiger partial charge in [0.1, 0.15) is 12.2 Å². The Balaban J connectivity index is 0.00000364. The van der Waals surface area contributed by atoms with E-state index in [1.807, 2.05) is 36.6 Å². The molecule has 2 aromatic rings. The maximum Gasteiger partial charge on any atom is 0.243 e. The highest BCUT2D eigenvalue weighted by Gasteiger charge is 2.07. The van der Waals surface area contributed by atoms with Gasteiger partial charge in [-0.1, -0.05) is 28.9 Å². The summed E-state index contributed by atoms with van der Waals surface area (Å²) in [6.45, 7) is 5.49. The van der Waals surface area contributed by atoms with Crippen LogP contribution in [0.5, 0.6) is 0 Å². The van der Waals surface area contributed by atoms with E-state index in [0.29, 0.717) is 12.5 Å². The van der Waals surface area contributed by atoms with Crippen molar-refractivity contribution >= 4 is 57.5 Å². The lowest BCUT2D eigenvalue weighted by atomic mass is 10.2. The van der Waals surface area contributed by atoms with Crippen molar-refractivity contribution in [3.8, 4) is 0 Å². The third-order valence-electron chi connectivity index (χ3n) is 3.77. The molecule has 1 aromatic carbocycles. The van der Waals surface area contributed by atoms with Gasteiger partial charge >= 0.3 is 0 Å². The van der Waals surface area contributed by atoms with Crippen LogP contribution >= 0.6 is 39.9 Å². The summed E-state index contributed by atoms with van der Waals surface area (Å²) < 4.78 is 2.91. The lowest BCUT2D eigenvalue weighted by molar-refractivity contribution is -0.115. The molecule has 0 bridgehead atoms. The van der Waals surface area contributed by atoms with Crippen LogP contribution in [0.15, 0.2) is 34.0 Å². The number of hydrogen-bond donors (Lipinski definition) is 3. The normalized spacial score (nSPS) is 10.9. The second kappa shape index (κ2) is 11.9. The zero-order valence-corrected chi connectivity index (χ0v) is 19.5. The molecule has 2 rings (SSSR count). The highest BCUT2D eigenvalue weighted by Crippen LogP contribution is 2.20. The standard InChI is InChI=1S/C17H24BrN7O.HI/c1-4-15-24-22-11-25(15)8-7-20-17(19-3)21-10-16(26)23-14-9-13(18)6-5-12(14)2;/h5-6,9,11H,4,7-8,10H2,1-3H3,(H,23,26)(H2,19,20,21);1H. The first-order valence-corrected chi connectivity index (χ1v) is 9.20. The number of carbonyl (C=O) groups excluding carboxylic acids is 1. The fourth-order valence-electron chi connectivity index (χ4n) is 2.34. The van der Waals surface area contributed by atoms with Gasteiger partial charge in [0.15, 0.2) is 5.96 Å². The van der Waals surface area contributed by atoms with Gasteiger partial charge in [-0.15, -0.1) is 34.2 Å². The van der Waals surface area contributed by atoms with Gasteiger partial charge in [0.05, 0.1) is 6.54 Å². The van der Waals surface area contributed by atoms with E-state index < -0.39 is 0 Å². The number of guanidine groups is 1. The van der Waals surface area contributed by atoms with Crippen LogP contribution in [0.1, 0.15) is 18.3 Å². The van der Waals surface area contributed by atoms with Crippen LogP contribution in [-0.4, -0.2) is 46.8 Å². The van der Waals surface area contributed by atoms with Crippen molar-refractivity contribution in [1.29, 1.82) is 0 Å².